The van der Waals surface area contributed by atoms with Crippen LogP contribution in [0.25, 0.3) is 0 Å². The summed E-state index contributed by atoms with van der Waals surface area (Å²) in [6.07, 6.45) is 2.31. The monoisotopic (exact) mass is 450 g/mol. The van der Waals surface area contributed by atoms with E-state index in [2.05, 4.69) is 21.8 Å². The van der Waals surface area contributed by atoms with Gasteiger partial charge in [0.25, 0.3) is 0 Å². The molecule has 0 spiro atoms. The summed E-state index contributed by atoms with van der Waals surface area (Å²) in [5, 5.41) is 3.22. The molecule has 0 saturated carbocycles. The number of halogens is 2. The minimum atomic E-state index is -0.506. The van der Waals surface area contributed by atoms with Crippen LogP contribution in [0.15, 0.2) is 67.1 Å². The van der Waals surface area contributed by atoms with E-state index in [1.807, 2.05) is 12.1 Å². The molecular formula is C25H24F2N4O2. The average molecular weight is 450 g/mol. The van der Waals surface area contributed by atoms with E-state index in [9.17, 15) is 8.78 Å². The highest BCUT2D eigenvalue weighted by atomic mass is 19.1. The van der Waals surface area contributed by atoms with Gasteiger partial charge in [-0.1, -0.05) is 6.58 Å². The second-order valence-corrected chi connectivity index (χ2v) is 8.31. The first kappa shape index (κ1) is 21.1. The summed E-state index contributed by atoms with van der Waals surface area (Å²) in [5.41, 5.74) is 6.72. The first-order valence-corrected chi connectivity index (χ1v) is 10.8. The van der Waals surface area contributed by atoms with Crippen molar-refractivity contribution in [2.24, 2.45) is 5.92 Å². The standard InChI is InChI=1S/C25H24F2N4O2/c1-15(30-23-9-6-19(12-29-23)33-18-4-2-17(28)3-5-18)31-11-10-20-16(13-31)14-32-25-22(27)8-7-21(26)24(20)25/h2-9,12,16,20H,1,10-11,13-14,28H2,(H,29,30). The van der Waals surface area contributed by atoms with Crippen molar-refractivity contribution in [1.82, 2.24) is 9.88 Å². The van der Waals surface area contributed by atoms with Crippen molar-refractivity contribution in [2.75, 3.05) is 30.7 Å². The van der Waals surface area contributed by atoms with Gasteiger partial charge in [0.2, 0.25) is 0 Å². The first-order valence-electron chi connectivity index (χ1n) is 10.8. The molecule has 2 atom stereocenters. The Kier molecular flexibility index (Phi) is 5.50. The number of nitrogens with zero attached hydrogens (tertiary/aromatic N) is 2. The summed E-state index contributed by atoms with van der Waals surface area (Å²) in [5.74, 6) is 1.72. The van der Waals surface area contributed by atoms with Crippen LogP contribution in [-0.2, 0) is 0 Å². The SMILES string of the molecule is C=C(Nc1ccc(Oc2ccc(N)cc2)cn1)N1CCC2c3c(F)ccc(F)c3OCC2C1. The van der Waals surface area contributed by atoms with E-state index in [0.29, 0.717) is 60.5 Å². The van der Waals surface area contributed by atoms with Gasteiger partial charge in [-0.25, -0.2) is 13.8 Å². The summed E-state index contributed by atoms with van der Waals surface area (Å²) in [7, 11) is 0. The van der Waals surface area contributed by atoms with Crippen molar-refractivity contribution in [3.63, 3.8) is 0 Å². The van der Waals surface area contributed by atoms with Gasteiger partial charge in [0.15, 0.2) is 11.6 Å². The van der Waals surface area contributed by atoms with E-state index in [-0.39, 0.29) is 17.6 Å². The zero-order valence-corrected chi connectivity index (χ0v) is 17.9. The van der Waals surface area contributed by atoms with Crippen LogP contribution in [0.2, 0.25) is 0 Å². The second kappa shape index (κ2) is 8.61. The number of hydrogen-bond acceptors (Lipinski definition) is 6. The van der Waals surface area contributed by atoms with Crippen molar-refractivity contribution >= 4 is 11.5 Å². The second-order valence-electron chi connectivity index (χ2n) is 8.31. The molecule has 2 aromatic carbocycles. The third kappa shape index (κ3) is 4.28. The van der Waals surface area contributed by atoms with E-state index in [4.69, 9.17) is 15.2 Å². The smallest absolute Gasteiger partial charge is 0.165 e. The number of fused-ring (bicyclic) bond motifs is 3. The maximum Gasteiger partial charge on any atom is 0.165 e. The summed E-state index contributed by atoms with van der Waals surface area (Å²) in [6.45, 7) is 5.78. The molecule has 2 unspecified atom stereocenters. The highest BCUT2D eigenvalue weighted by Gasteiger charge is 2.39. The third-order valence-electron chi connectivity index (χ3n) is 6.15. The highest BCUT2D eigenvalue weighted by Crippen LogP contribution is 2.44. The van der Waals surface area contributed by atoms with Crippen molar-refractivity contribution in [1.29, 1.82) is 0 Å². The van der Waals surface area contributed by atoms with Gasteiger partial charge in [0.05, 0.1) is 18.6 Å². The zero-order chi connectivity index (χ0) is 22.9. The number of nitrogens with one attached hydrogen (secondary N) is 1. The maximum absolute atomic E-state index is 14.4. The number of piperidine rings is 1. The number of ether oxygens (including phenoxy) is 2. The zero-order valence-electron chi connectivity index (χ0n) is 17.9. The largest absolute Gasteiger partial charge is 0.490 e. The Balaban J connectivity index is 1.21. The number of nitrogen functional groups attached to an aromatic ring is 1. The number of pyridine rings is 1. The van der Waals surface area contributed by atoms with Crippen molar-refractivity contribution in [2.45, 2.75) is 12.3 Å². The molecule has 0 bridgehead atoms. The van der Waals surface area contributed by atoms with Gasteiger partial charge in [-0.2, -0.15) is 0 Å². The molecule has 2 aliphatic rings. The van der Waals surface area contributed by atoms with Gasteiger partial charge < -0.3 is 25.4 Å². The van der Waals surface area contributed by atoms with E-state index >= 15 is 0 Å². The van der Waals surface area contributed by atoms with E-state index in [1.165, 1.54) is 6.07 Å². The average Bonchev–Trinajstić information content (AvgIpc) is 2.83. The minimum absolute atomic E-state index is 0.0461. The fourth-order valence-corrected chi connectivity index (χ4v) is 4.47. The van der Waals surface area contributed by atoms with Gasteiger partial charge in [0, 0.05) is 30.3 Å². The normalized spacial score (nSPS) is 19.2. The Bertz CT molecular complexity index is 1170. The molecule has 33 heavy (non-hydrogen) atoms. The third-order valence-corrected chi connectivity index (χ3v) is 6.15. The number of nitrogens with two attached hydrogens (primary N) is 1. The van der Waals surface area contributed by atoms with Crippen molar-refractivity contribution in [3.8, 4) is 17.2 Å². The minimum Gasteiger partial charge on any atom is -0.490 e. The van der Waals surface area contributed by atoms with E-state index < -0.39 is 11.6 Å². The van der Waals surface area contributed by atoms with Gasteiger partial charge in [-0.3, -0.25) is 0 Å². The molecule has 3 aromatic rings. The lowest BCUT2D eigenvalue weighted by Crippen LogP contribution is -2.44. The lowest BCUT2D eigenvalue weighted by molar-refractivity contribution is 0.107. The van der Waals surface area contributed by atoms with E-state index in [0.717, 1.165) is 6.07 Å². The number of anilines is 2. The topological polar surface area (TPSA) is 72.6 Å². The number of likely N-dealkylation sites (tertiary alicyclic amines) is 1. The molecule has 0 radical (unpaired) electrons. The predicted octanol–water partition coefficient (Wildman–Crippen LogP) is 5.12. The molecule has 170 valence electrons. The molecule has 0 amide bonds. The molecule has 3 N–H and O–H groups in total. The molecule has 1 saturated heterocycles. The fourth-order valence-electron chi connectivity index (χ4n) is 4.47. The van der Waals surface area contributed by atoms with Crippen LogP contribution in [0.5, 0.6) is 17.2 Å². The molecule has 0 aliphatic carbocycles. The van der Waals surface area contributed by atoms with Crippen LogP contribution in [0.3, 0.4) is 0 Å². The Hall–Kier alpha value is -3.81. The summed E-state index contributed by atoms with van der Waals surface area (Å²) in [4.78, 5) is 6.49. The quantitative estimate of drug-likeness (QED) is 0.526. The Morgan fingerprint density at radius 3 is 2.61 bits per heavy atom. The fraction of sp³-hybridized carbons (Fsp3) is 0.240. The number of rotatable bonds is 5. The molecule has 5 rings (SSSR count). The Labute approximate surface area is 190 Å². The maximum atomic E-state index is 14.4. The number of benzene rings is 2. The van der Waals surface area contributed by atoms with Crippen molar-refractivity contribution < 1.29 is 18.3 Å². The molecular weight excluding hydrogens is 426 g/mol. The van der Waals surface area contributed by atoms with Crippen LogP contribution >= 0.6 is 0 Å². The van der Waals surface area contributed by atoms with Crippen LogP contribution in [-0.4, -0.2) is 29.6 Å². The van der Waals surface area contributed by atoms with Gasteiger partial charge >= 0.3 is 0 Å². The summed E-state index contributed by atoms with van der Waals surface area (Å²) < 4.78 is 39.9. The number of aromatic nitrogens is 1. The first-order chi connectivity index (χ1) is 16.0. The predicted molar refractivity (Wildman–Crippen MR) is 122 cm³/mol. The molecule has 3 heterocycles. The lowest BCUT2D eigenvalue weighted by atomic mass is 9.78. The van der Waals surface area contributed by atoms with Crippen molar-refractivity contribution in [3.05, 3.63) is 84.3 Å². The van der Waals surface area contributed by atoms with Gasteiger partial charge in [-0.15, -0.1) is 0 Å². The van der Waals surface area contributed by atoms with Gasteiger partial charge in [-0.05, 0) is 60.9 Å². The lowest BCUT2D eigenvalue weighted by Gasteiger charge is -2.43. The Morgan fingerprint density at radius 1 is 1.09 bits per heavy atom. The summed E-state index contributed by atoms with van der Waals surface area (Å²) in [6, 6.07) is 13.0. The van der Waals surface area contributed by atoms with Crippen LogP contribution < -0.4 is 20.5 Å². The molecule has 1 aromatic heterocycles. The van der Waals surface area contributed by atoms with Crippen LogP contribution in [0.1, 0.15) is 17.9 Å². The summed E-state index contributed by atoms with van der Waals surface area (Å²) >= 11 is 0. The Morgan fingerprint density at radius 2 is 1.85 bits per heavy atom. The van der Waals surface area contributed by atoms with E-state index in [1.54, 1.807) is 30.5 Å². The molecule has 8 heteroatoms. The highest BCUT2D eigenvalue weighted by molar-refractivity contribution is 5.46. The molecule has 1 fully saturated rings. The van der Waals surface area contributed by atoms with Gasteiger partial charge in [0.1, 0.15) is 23.1 Å². The molecule has 6 nitrogen and oxygen atoms in total. The van der Waals surface area contributed by atoms with Crippen LogP contribution in [0.4, 0.5) is 20.3 Å². The van der Waals surface area contributed by atoms with Crippen LogP contribution in [0, 0.1) is 17.6 Å². The number of hydrogen-bond donors (Lipinski definition) is 2. The molecule has 2 aliphatic heterocycles.